The van der Waals surface area contributed by atoms with Crippen LogP contribution in [0.3, 0.4) is 0 Å². The van der Waals surface area contributed by atoms with Crippen LogP contribution in [0.2, 0.25) is 0 Å². The zero-order chi connectivity index (χ0) is 31.6. The minimum absolute atomic E-state index is 0.0207. The first-order valence-electron chi connectivity index (χ1n) is 14.6. The highest BCUT2D eigenvalue weighted by atomic mass is 16.4. The van der Waals surface area contributed by atoms with E-state index in [4.69, 9.17) is 5.73 Å². The number of aromatic nitrogens is 3. The number of aliphatic carboxylic acids is 1. The van der Waals surface area contributed by atoms with Crippen LogP contribution in [-0.4, -0.2) is 67.9 Å². The quantitative estimate of drug-likeness (QED) is 0.108. The van der Waals surface area contributed by atoms with E-state index in [1.807, 2.05) is 68.4 Å². The van der Waals surface area contributed by atoms with Gasteiger partial charge in [0, 0.05) is 41.8 Å². The van der Waals surface area contributed by atoms with Crippen molar-refractivity contribution in [1.82, 2.24) is 30.9 Å². The normalized spacial score (nSPS) is 14.0. The molecule has 0 aliphatic carbocycles. The third kappa shape index (κ3) is 8.77. The van der Waals surface area contributed by atoms with Gasteiger partial charge in [0.2, 0.25) is 17.7 Å². The van der Waals surface area contributed by atoms with E-state index in [0.717, 1.165) is 22.0 Å². The maximum Gasteiger partial charge on any atom is 0.326 e. The lowest BCUT2D eigenvalue weighted by Crippen LogP contribution is -2.58. The van der Waals surface area contributed by atoms with E-state index < -0.39 is 47.9 Å². The second kappa shape index (κ2) is 15.0. The standard InChI is InChI=1S/C32H39N7O5/c1-19(2)12-26(37-29(40)24(33)13-20-8-4-3-5-9-20)30(41)38-27(15-22-17-34-18-36-22)31(42)39-28(32(43)44)14-21-16-35-25-11-7-6-10-23(21)25/h3-11,16-19,24,26-28,35H,12-15,33H2,1-2H3,(H,34,36)(H,37,40)(H,38,41)(H,39,42)(H,43,44). The molecule has 2 aromatic carbocycles. The molecule has 3 amide bonds. The Balaban J connectivity index is 1.48. The van der Waals surface area contributed by atoms with E-state index in [-0.39, 0.29) is 18.8 Å². The molecule has 0 aliphatic heterocycles. The summed E-state index contributed by atoms with van der Waals surface area (Å²) in [5.74, 6) is -2.94. The molecule has 4 aromatic rings. The first-order chi connectivity index (χ1) is 21.1. The molecule has 0 radical (unpaired) electrons. The molecule has 0 bridgehead atoms. The summed E-state index contributed by atoms with van der Waals surface area (Å²) < 4.78 is 0. The summed E-state index contributed by atoms with van der Waals surface area (Å²) in [5, 5.41) is 18.9. The number of nitrogens with one attached hydrogen (secondary N) is 5. The van der Waals surface area contributed by atoms with Gasteiger partial charge in [-0.2, -0.15) is 0 Å². The van der Waals surface area contributed by atoms with Crippen molar-refractivity contribution in [3.05, 3.63) is 90.1 Å². The average Bonchev–Trinajstić information content (AvgIpc) is 3.66. The topological polar surface area (TPSA) is 195 Å². The maximum atomic E-state index is 13.6. The van der Waals surface area contributed by atoms with Crippen LogP contribution in [0.5, 0.6) is 0 Å². The van der Waals surface area contributed by atoms with E-state index in [1.54, 1.807) is 6.20 Å². The smallest absolute Gasteiger partial charge is 0.326 e. The molecule has 4 unspecified atom stereocenters. The number of hydrogen-bond donors (Lipinski definition) is 7. The van der Waals surface area contributed by atoms with Gasteiger partial charge >= 0.3 is 5.97 Å². The summed E-state index contributed by atoms with van der Waals surface area (Å²) in [6.07, 6.45) is 5.32. The number of aromatic amines is 2. The van der Waals surface area contributed by atoms with Gasteiger partial charge in [0.15, 0.2) is 0 Å². The third-order valence-corrected chi connectivity index (χ3v) is 7.30. The van der Waals surface area contributed by atoms with Gasteiger partial charge in [0.05, 0.1) is 12.4 Å². The number of H-pyrrole nitrogens is 2. The average molecular weight is 602 g/mol. The highest BCUT2D eigenvalue weighted by Gasteiger charge is 2.31. The van der Waals surface area contributed by atoms with Gasteiger partial charge in [-0.25, -0.2) is 9.78 Å². The van der Waals surface area contributed by atoms with E-state index in [9.17, 15) is 24.3 Å². The number of amides is 3. The monoisotopic (exact) mass is 601 g/mol. The summed E-state index contributed by atoms with van der Waals surface area (Å²) in [6, 6.07) is 12.5. The largest absolute Gasteiger partial charge is 0.480 e. The Morgan fingerprint density at radius 2 is 1.48 bits per heavy atom. The summed E-state index contributed by atoms with van der Waals surface area (Å²) in [5.41, 5.74) is 9.19. The Morgan fingerprint density at radius 1 is 0.818 bits per heavy atom. The zero-order valence-corrected chi connectivity index (χ0v) is 24.7. The van der Waals surface area contributed by atoms with Gasteiger partial charge in [-0.05, 0) is 36.0 Å². The van der Waals surface area contributed by atoms with E-state index in [2.05, 4.69) is 30.9 Å². The number of para-hydroxylation sites is 1. The number of hydrogen-bond acceptors (Lipinski definition) is 6. The Morgan fingerprint density at radius 3 is 2.16 bits per heavy atom. The minimum Gasteiger partial charge on any atom is -0.480 e. The molecule has 232 valence electrons. The molecule has 4 atom stereocenters. The molecule has 2 aromatic heterocycles. The second-order valence-electron chi connectivity index (χ2n) is 11.3. The highest BCUT2D eigenvalue weighted by Crippen LogP contribution is 2.19. The van der Waals surface area contributed by atoms with E-state index >= 15 is 0 Å². The van der Waals surface area contributed by atoms with E-state index in [0.29, 0.717) is 18.5 Å². The van der Waals surface area contributed by atoms with Crippen LogP contribution < -0.4 is 21.7 Å². The van der Waals surface area contributed by atoms with Crippen LogP contribution in [0.25, 0.3) is 10.9 Å². The first kappa shape index (κ1) is 32.0. The fourth-order valence-electron chi connectivity index (χ4n) is 5.03. The predicted molar refractivity (Wildman–Crippen MR) is 165 cm³/mol. The number of imidazole rings is 1. The number of benzene rings is 2. The molecule has 2 heterocycles. The molecule has 0 fully saturated rings. The Kier molecular flexibility index (Phi) is 10.9. The lowest BCUT2D eigenvalue weighted by molar-refractivity contribution is -0.142. The van der Waals surface area contributed by atoms with Crippen LogP contribution in [0.1, 0.15) is 37.1 Å². The molecule has 0 saturated heterocycles. The molecule has 0 aliphatic rings. The number of nitrogens with zero attached hydrogens (tertiary/aromatic N) is 1. The van der Waals surface area contributed by atoms with Crippen LogP contribution in [-0.2, 0) is 38.4 Å². The molecule has 12 heteroatoms. The first-order valence-corrected chi connectivity index (χ1v) is 14.6. The Bertz CT molecular complexity index is 1550. The van der Waals surface area contributed by atoms with Crippen LogP contribution >= 0.6 is 0 Å². The molecule has 12 nitrogen and oxygen atoms in total. The van der Waals surface area contributed by atoms with E-state index in [1.165, 1.54) is 12.5 Å². The number of carboxylic acid groups (broad SMARTS) is 1. The Hall–Kier alpha value is -4.97. The summed E-state index contributed by atoms with van der Waals surface area (Å²) in [6.45, 7) is 3.82. The fourth-order valence-corrected chi connectivity index (χ4v) is 5.03. The van der Waals surface area contributed by atoms with Crippen molar-refractivity contribution in [2.24, 2.45) is 11.7 Å². The van der Waals surface area contributed by atoms with Gasteiger partial charge in [-0.15, -0.1) is 0 Å². The second-order valence-corrected chi connectivity index (χ2v) is 11.3. The molecule has 8 N–H and O–H groups in total. The van der Waals surface area contributed by atoms with Crippen LogP contribution in [0, 0.1) is 5.92 Å². The van der Waals surface area contributed by atoms with Gasteiger partial charge in [-0.1, -0.05) is 62.4 Å². The minimum atomic E-state index is -1.26. The number of nitrogens with two attached hydrogens (primary N) is 1. The number of carboxylic acids is 1. The van der Waals surface area contributed by atoms with Crippen molar-refractivity contribution < 1.29 is 24.3 Å². The maximum absolute atomic E-state index is 13.6. The molecular formula is C32H39N7O5. The lowest BCUT2D eigenvalue weighted by atomic mass is 10.0. The number of carbonyl (C=O) groups is 4. The van der Waals surface area contributed by atoms with Crippen LogP contribution in [0.4, 0.5) is 0 Å². The number of fused-ring (bicyclic) bond motifs is 1. The molecular weight excluding hydrogens is 562 g/mol. The lowest BCUT2D eigenvalue weighted by Gasteiger charge is -2.26. The molecule has 44 heavy (non-hydrogen) atoms. The van der Waals surface area contributed by atoms with Gasteiger partial charge < -0.3 is 36.8 Å². The predicted octanol–water partition coefficient (Wildman–Crippen LogP) is 1.83. The van der Waals surface area contributed by atoms with Crippen molar-refractivity contribution in [1.29, 1.82) is 0 Å². The highest BCUT2D eigenvalue weighted by molar-refractivity contribution is 5.94. The third-order valence-electron chi connectivity index (χ3n) is 7.30. The van der Waals surface area contributed by atoms with Crippen molar-refractivity contribution in [2.75, 3.05) is 0 Å². The Labute approximate surface area is 255 Å². The van der Waals surface area contributed by atoms with Gasteiger partial charge in [0.1, 0.15) is 18.1 Å². The van der Waals surface area contributed by atoms with Gasteiger partial charge in [0.25, 0.3) is 0 Å². The zero-order valence-electron chi connectivity index (χ0n) is 24.7. The summed E-state index contributed by atoms with van der Waals surface area (Å²) >= 11 is 0. The number of rotatable bonds is 15. The van der Waals surface area contributed by atoms with Crippen LogP contribution in [0.15, 0.2) is 73.3 Å². The van der Waals surface area contributed by atoms with Crippen molar-refractivity contribution >= 4 is 34.6 Å². The molecule has 0 spiro atoms. The van der Waals surface area contributed by atoms with Gasteiger partial charge in [-0.3, -0.25) is 14.4 Å². The number of carbonyl (C=O) groups excluding carboxylic acids is 3. The van der Waals surface area contributed by atoms with Crippen molar-refractivity contribution in [2.45, 2.75) is 63.7 Å². The SMILES string of the molecule is CC(C)CC(NC(=O)C(N)Cc1ccccc1)C(=O)NC(Cc1cnc[nH]1)C(=O)NC(Cc1c[nH]c2ccccc12)C(=O)O. The van der Waals surface area contributed by atoms with Crippen molar-refractivity contribution in [3.8, 4) is 0 Å². The molecule has 4 rings (SSSR count). The van der Waals surface area contributed by atoms with Crippen molar-refractivity contribution in [3.63, 3.8) is 0 Å². The molecule has 0 saturated carbocycles. The summed E-state index contributed by atoms with van der Waals surface area (Å²) in [4.78, 5) is 62.3. The summed E-state index contributed by atoms with van der Waals surface area (Å²) in [7, 11) is 0. The fraction of sp³-hybridized carbons (Fsp3) is 0.344.